The molecule has 2 saturated heterocycles. The molecule has 2 aliphatic rings. The summed E-state index contributed by atoms with van der Waals surface area (Å²) in [7, 11) is 0. The molecule has 2 aliphatic heterocycles. The molecule has 5 heterocycles. The largest absolute Gasteiger partial charge is 0.377 e. The lowest BCUT2D eigenvalue weighted by atomic mass is 10.1. The Morgan fingerprint density at radius 3 is 2.62 bits per heavy atom. The first-order valence-corrected chi connectivity index (χ1v) is 9.84. The molecule has 0 spiro atoms. The predicted octanol–water partition coefficient (Wildman–Crippen LogP) is 2.66. The van der Waals surface area contributed by atoms with Gasteiger partial charge < -0.3 is 15.4 Å². The third kappa shape index (κ3) is 2.44. The van der Waals surface area contributed by atoms with Crippen molar-refractivity contribution >= 4 is 33.5 Å². The van der Waals surface area contributed by atoms with Gasteiger partial charge in [0.25, 0.3) is 0 Å². The van der Waals surface area contributed by atoms with Crippen molar-refractivity contribution < 1.29 is 4.74 Å². The zero-order valence-corrected chi connectivity index (χ0v) is 15.4. The molecule has 26 heavy (non-hydrogen) atoms. The zero-order valence-electron chi connectivity index (χ0n) is 14.6. The van der Waals surface area contributed by atoms with Crippen LogP contribution in [0.3, 0.4) is 0 Å². The molecule has 8 heteroatoms. The minimum absolute atomic E-state index is 0.269. The lowest BCUT2D eigenvalue weighted by molar-refractivity contribution is 0.0898. The molecule has 3 aromatic rings. The summed E-state index contributed by atoms with van der Waals surface area (Å²) >= 11 is 1.68. The number of hydrogen-bond donors (Lipinski definition) is 1. The van der Waals surface area contributed by atoms with Crippen LogP contribution in [0.15, 0.2) is 17.8 Å². The normalized spacial score (nSPS) is 22.3. The summed E-state index contributed by atoms with van der Waals surface area (Å²) in [4.78, 5) is 20.6. The van der Waals surface area contributed by atoms with E-state index in [9.17, 15) is 0 Å². The lowest BCUT2D eigenvalue weighted by Crippen LogP contribution is -2.46. The van der Waals surface area contributed by atoms with E-state index in [-0.39, 0.29) is 5.95 Å². The number of fused-ring (bicyclic) bond motifs is 3. The van der Waals surface area contributed by atoms with E-state index in [0.717, 1.165) is 59.9 Å². The second kappa shape index (κ2) is 6.14. The van der Waals surface area contributed by atoms with Crippen molar-refractivity contribution in [1.29, 1.82) is 0 Å². The van der Waals surface area contributed by atoms with Gasteiger partial charge in [0.05, 0.1) is 41.2 Å². The maximum atomic E-state index is 5.72. The highest BCUT2D eigenvalue weighted by Gasteiger charge is 2.39. The Hall–Kier alpha value is -2.32. The molecule has 0 aliphatic carbocycles. The van der Waals surface area contributed by atoms with Gasteiger partial charge in [-0.25, -0.2) is 19.9 Å². The highest BCUT2D eigenvalue weighted by Crippen LogP contribution is 2.38. The van der Waals surface area contributed by atoms with E-state index in [0.29, 0.717) is 12.1 Å². The van der Waals surface area contributed by atoms with Crippen molar-refractivity contribution in [3.63, 3.8) is 0 Å². The zero-order chi connectivity index (χ0) is 17.7. The number of ether oxygens (including phenoxy) is 1. The van der Waals surface area contributed by atoms with E-state index in [1.807, 2.05) is 0 Å². The quantitative estimate of drug-likeness (QED) is 0.760. The first kappa shape index (κ1) is 15.9. The van der Waals surface area contributed by atoms with E-state index < -0.39 is 0 Å². The van der Waals surface area contributed by atoms with E-state index in [1.165, 1.54) is 5.56 Å². The SMILES string of the molecule is CCc1csc2c(-c3cnc(N)nc3)nc(N3C4CCC3COC4)nc12. The number of hydrogen-bond acceptors (Lipinski definition) is 8. The summed E-state index contributed by atoms with van der Waals surface area (Å²) in [6.45, 7) is 3.67. The van der Waals surface area contributed by atoms with E-state index in [1.54, 1.807) is 23.7 Å². The Morgan fingerprint density at radius 1 is 1.19 bits per heavy atom. The summed E-state index contributed by atoms with van der Waals surface area (Å²) < 4.78 is 6.81. The van der Waals surface area contributed by atoms with Crippen molar-refractivity contribution in [2.24, 2.45) is 0 Å². The lowest BCUT2D eigenvalue weighted by Gasteiger charge is -2.34. The Bertz CT molecular complexity index is 940. The third-order valence-corrected chi connectivity index (χ3v) is 6.30. The van der Waals surface area contributed by atoms with Gasteiger partial charge in [0.2, 0.25) is 11.9 Å². The molecule has 2 N–H and O–H groups in total. The van der Waals surface area contributed by atoms with Crippen LogP contribution in [0.4, 0.5) is 11.9 Å². The second-order valence-electron chi connectivity index (χ2n) is 6.82. The number of rotatable bonds is 3. The average Bonchev–Trinajstić information content (AvgIpc) is 3.19. The number of nitrogens with two attached hydrogens (primary N) is 1. The van der Waals surface area contributed by atoms with Crippen LogP contribution in [0.5, 0.6) is 0 Å². The Morgan fingerprint density at radius 2 is 1.92 bits per heavy atom. The van der Waals surface area contributed by atoms with Crippen molar-refractivity contribution in [2.75, 3.05) is 23.8 Å². The number of nitrogens with zero attached hydrogens (tertiary/aromatic N) is 5. The van der Waals surface area contributed by atoms with Crippen LogP contribution < -0.4 is 10.6 Å². The van der Waals surface area contributed by atoms with Crippen molar-refractivity contribution in [3.05, 3.63) is 23.3 Å². The van der Waals surface area contributed by atoms with Crippen molar-refractivity contribution in [1.82, 2.24) is 19.9 Å². The molecular formula is C18H20N6OS. The molecule has 2 unspecified atom stereocenters. The minimum Gasteiger partial charge on any atom is -0.377 e. The molecular weight excluding hydrogens is 348 g/mol. The first-order valence-electron chi connectivity index (χ1n) is 8.96. The fourth-order valence-corrected chi connectivity index (χ4v) is 5.03. The van der Waals surface area contributed by atoms with Crippen LogP contribution in [0.1, 0.15) is 25.3 Å². The number of aryl methyl sites for hydroxylation is 1. The third-order valence-electron chi connectivity index (χ3n) is 5.27. The molecule has 0 amide bonds. The molecule has 0 saturated carbocycles. The van der Waals surface area contributed by atoms with Gasteiger partial charge in [-0.3, -0.25) is 0 Å². The Balaban J connectivity index is 1.71. The molecule has 3 aromatic heterocycles. The number of anilines is 2. The van der Waals surface area contributed by atoms with Crippen LogP contribution in [0.25, 0.3) is 21.5 Å². The van der Waals surface area contributed by atoms with Crippen molar-refractivity contribution in [2.45, 2.75) is 38.3 Å². The number of morpholine rings is 1. The van der Waals surface area contributed by atoms with E-state index >= 15 is 0 Å². The van der Waals surface area contributed by atoms with Crippen LogP contribution in [-0.4, -0.2) is 45.2 Å². The maximum absolute atomic E-state index is 5.72. The molecule has 134 valence electrons. The Labute approximate surface area is 155 Å². The monoisotopic (exact) mass is 368 g/mol. The van der Waals surface area contributed by atoms with E-state index in [2.05, 4.69) is 27.2 Å². The van der Waals surface area contributed by atoms with Crippen LogP contribution >= 0.6 is 11.3 Å². The summed E-state index contributed by atoms with van der Waals surface area (Å²) in [5.41, 5.74) is 9.72. The summed E-state index contributed by atoms with van der Waals surface area (Å²) in [5, 5.41) is 2.18. The van der Waals surface area contributed by atoms with Gasteiger partial charge in [-0.15, -0.1) is 11.3 Å². The van der Waals surface area contributed by atoms with Crippen LogP contribution in [-0.2, 0) is 11.2 Å². The molecule has 2 fully saturated rings. The van der Waals surface area contributed by atoms with Gasteiger partial charge in [-0.1, -0.05) is 6.92 Å². The fourth-order valence-electron chi connectivity index (χ4n) is 3.93. The molecule has 5 rings (SSSR count). The second-order valence-corrected chi connectivity index (χ2v) is 7.70. The predicted molar refractivity (Wildman–Crippen MR) is 102 cm³/mol. The number of thiophene rings is 1. The van der Waals surface area contributed by atoms with Gasteiger partial charge in [0.15, 0.2) is 0 Å². The van der Waals surface area contributed by atoms with Crippen molar-refractivity contribution in [3.8, 4) is 11.3 Å². The molecule has 0 aromatic carbocycles. The molecule has 7 nitrogen and oxygen atoms in total. The average molecular weight is 368 g/mol. The maximum Gasteiger partial charge on any atom is 0.227 e. The summed E-state index contributed by atoms with van der Waals surface area (Å²) in [6.07, 6.45) is 6.71. The van der Waals surface area contributed by atoms with Gasteiger partial charge in [0.1, 0.15) is 0 Å². The summed E-state index contributed by atoms with van der Waals surface area (Å²) in [6, 6.07) is 0.732. The van der Waals surface area contributed by atoms with Crippen LogP contribution in [0.2, 0.25) is 0 Å². The van der Waals surface area contributed by atoms with Gasteiger partial charge in [0, 0.05) is 18.0 Å². The first-order chi connectivity index (χ1) is 12.7. The van der Waals surface area contributed by atoms with Gasteiger partial charge in [-0.05, 0) is 30.2 Å². The van der Waals surface area contributed by atoms with Crippen LogP contribution in [0, 0.1) is 0 Å². The fraction of sp³-hybridized carbons (Fsp3) is 0.444. The minimum atomic E-state index is 0.269. The smallest absolute Gasteiger partial charge is 0.227 e. The molecule has 2 bridgehead atoms. The standard InChI is InChI=1S/C18H20N6OS/c1-2-10-9-26-16-14(10)22-18(24-12-3-4-13(24)8-25-7-12)23-15(16)11-5-20-17(19)21-6-11/h5-6,9,12-13H,2-4,7-8H2,1H3,(H2,19,20,21). The Kier molecular flexibility index (Phi) is 3.75. The molecule has 0 radical (unpaired) electrons. The highest BCUT2D eigenvalue weighted by molar-refractivity contribution is 7.17. The topological polar surface area (TPSA) is 90.0 Å². The number of nitrogen functional groups attached to an aromatic ring is 1. The van der Waals surface area contributed by atoms with Gasteiger partial charge >= 0.3 is 0 Å². The molecule has 2 atom stereocenters. The number of aromatic nitrogens is 4. The highest BCUT2D eigenvalue weighted by atomic mass is 32.1. The van der Waals surface area contributed by atoms with E-state index in [4.69, 9.17) is 20.4 Å². The van der Waals surface area contributed by atoms with Gasteiger partial charge in [-0.2, -0.15) is 0 Å². The summed E-state index contributed by atoms with van der Waals surface area (Å²) in [5.74, 6) is 1.07.